The van der Waals surface area contributed by atoms with Gasteiger partial charge in [-0.15, -0.1) is 0 Å². The number of ether oxygens (including phenoxy) is 1. The molecule has 4 aliphatic rings. The molecule has 0 aromatic heterocycles. The number of benzene rings is 1. The third-order valence-electron chi connectivity index (χ3n) is 5.34. The Bertz CT molecular complexity index is 606. The van der Waals surface area contributed by atoms with E-state index in [0.717, 1.165) is 19.3 Å². The van der Waals surface area contributed by atoms with E-state index in [1.54, 1.807) is 12.1 Å². The van der Waals surface area contributed by atoms with Crippen molar-refractivity contribution in [2.45, 2.75) is 37.7 Å². The number of rotatable bonds is 2. The van der Waals surface area contributed by atoms with E-state index in [2.05, 4.69) is 0 Å². The van der Waals surface area contributed by atoms with Crippen LogP contribution in [0.1, 0.15) is 42.5 Å². The third-order valence-corrected chi connectivity index (χ3v) is 5.34. The Hall–Kier alpha value is -1.71. The van der Waals surface area contributed by atoms with Crippen molar-refractivity contribution >= 4 is 11.8 Å². The molecule has 21 heavy (non-hydrogen) atoms. The number of hydrogen-bond acceptors (Lipinski definition) is 3. The van der Waals surface area contributed by atoms with Gasteiger partial charge in [0.1, 0.15) is 17.2 Å². The van der Waals surface area contributed by atoms with Gasteiger partial charge in [0.2, 0.25) is 0 Å². The van der Waals surface area contributed by atoms with Crippen LogP contribution in [0.3, 0.4) is 0 Å². The topological polar surface area (TPSA) is 43.4 Å². The molecule has 3 nitrogen and oxygen atoms in total. The molecule has 0 heterocycles. The molecule has 0 aliphatic heterocycles. The van der Waals surface area contributed by atoms with E-state index in [1.807, 2.05) is 0 Å². The predicted molar refractivity (Wildman–Crippen MR) is 73.1 cm³/mol. The minimum atomic E-state index is -0.595. The Morgan fingerprint density at radius 2 is 1.81 bits per heavy atom. The summed E-state index contributed by atoms with van der Waals surface area (Å²) in [5.74, 6) is -0.225. The summed E-state index contributed by atoms with van der Waals surface area (Å²) >= 11 is 0. The highest BCUT2D eigenvalue weighted by Gasteiger charge is 2.57. The summed E-state index contributed by atoms with van der Waals surface area (Å²) in [6.45, 7) is 0. The Kier molecular flexibility index (Phi) is 2.72. The summed E-state index contributed by atoms with van der Waals surface area (Å²) in [4.78, 5) is 24.4. The van der Waals surface area contributed by atoms with E-state index in [0.29, 0.717) is 24.5 Å². The lowest BCUT2D eigenvalue weighted by atomic mass is 9.53. The Balaban J connectivity index is 1.59. The van der Waals surface area contributed by atoms with Crippen LogP contribution in [0.5, 0.6) is 0 Å². The summed E-state index contributed by atoms with van der Waals surface area (Å²) in [5.41, 5.74) is -0.552. The maximum absolute atomic E-state index is 13.7. The van der Waals surface area contributed by atoms with Gasteiger partial charge in [0.15, 0.2) is 0 Å². The fourth-order valence-corrected chi connectivity index (χ4v) is 4.68. The molecule has 0 amide bonds. The van der Waals surface area contributed by atoms with E-state index in [4.69, 9.17) is 4.74 Å². The maximum Gasteiger partial charge on any atom is 0.341 e. The molecule has 110 valence electrons. The molecule has 0 spiro atoms. The Morgan fingerprint density at radius 1 is 1.14 bits per heavy atom. The fraction of sp³-hybridized carbons (Fsp3) is 0.529. The highest BCUT2D eigenvalue weighted by atomic mass is 19.1. The summed E-state index contributed by atoms with van der Waals surface area (Å²) < 4.78 is 19.4. The first-order chi connectivity index (χ1) is 10.1. The van der Waals surface area contributed by atoms with Crippen molar-refractivity contribution < 1.29 is 18.7 Å². The molecule has 0 N–H and O–H groups in total. The second kappa shape index (κ2) is 4.39. The van der Waals surface area contributed by atoms with E-state index in [1.165, 1.54) is 12.1 Å². The standard InChI is InChI=1S/C17H17FO3/c18-14-4-2-1-3-13(14)16(20)21-17-7-10-5-11(8-17)15(19)12(6-10)9-17/h1-4,10-12H,5-9H2. The first-order valence-electron chi connectivity index (χ1n) is 7.58. The van der Waals surface area contributed by atoms with Gasteiger partial charge in [-0.1, -0.05) is 12.1 Å². The molecule has 1 aromatic carbocycles. The monoisotopic (exact) mass is 288 g/mol. The van der Waals surface area contributed by atoms with Crippen LogP contribution < -0.4 is 0 Å². The lowest BCUT2D eigenvalue weighted by molar-refractivity contribution is -0.162. The van der Waals surface area contributed by atoms with Crippen LogP contribution in [0.4, 0.5) is 4.39 Å². The van der Waals surface area contributed by atoms with Crippen LogP contribution in [0.2, 0.25) is 0 Å². The van der Waals surface area contributed by atoms with Gasteiger partial charge >= 0.3 is 5.97 Å². The van der Waals surface area contributed by atoms with Crippen molar-refractivity contribution in [2.24, 2.45) is 17.8 Å². The van der Waals surface area contributed by atoms with Gasteiger partial charge in [0.05, 0.1) is 5.56 Å². The summed E-state index contributed by atoms with van der Waals surface area (Å²) in [5, 5.41) is 0. The molecular formula is C17H17FO3. The maximum atomic E-state index is 13.7. The number of esters is 1. The fourth-order valence-electron chi connectivity index (χ4n) is 4.68. The number of carbonyl (C=O) groups is 2. The average Bonchev–Trinajstić information content (AvgIpc) is 2.43. The molecule has 5 rings (SSSR count). The molecule has 4 heteroatoms. The zero-order chi connectivity index (χ0) is 14.6. The van der Waals surface area contributed by atoms with Gasteiger partial charge in [0, 0.05) is 11.8 Å². The minimum Gasteiger partial charge on any atom is -0.455 e. The zero-order valence-electron chi connectivity index (χ0n) is 11.7. The quantitative estimate of drug-likeness (QED) is 0.785. The van der Waals surface area contributed by atoms with E-state index in [9.17, 15) is 14.0 Å². The Labute approximate surface area is 122 Å². The van der Waals surface area contributed by atoms with E-state index >= 15 is 0 Å². The van der Waals surface area contributed by atoms with Crippen molar-refractivity contribution in [1.29, 1.82) is 0 Å². The van der Waals surface area contributed by atoms with E-state index in [-0.39, 0.29) is 17.4 Å². The summed E-state index contributed by atoms with van der Waals surface area (Å²) in [7, 11) is 0. The van der Waals surface area contributed by atoms with Gasteiger partial charge in [0.25, 0.3) is 0 Å². The van der Waals surface area contributed by atoms with Gasteiger partial charge < -0.3 is 4.74 Å². The van der Waals surface area contributed by atoms with Gasteiger partial charge in [-0.3, -0.25) is 4.79 Å². The van der Waals surface area contributed by atoms with Crippen molar-refractivity contribution in [3.8, 4) is 0 Å². The molecule has 4 bridgehead atoms. The number of Topliss-reactive ketones (excluding diaryl/α,β-unsaturated/α-hetero) is 1. The van der Waals surface area contributed by atoms with Gasteiger partial charge in [-0.2, -0.15) is 0 Å². The Morgan fingerprint density at radius 3 is 2.48 bits per heavy atom. The molecule has 2 atom stereocenters. The predicted octanol–water partition coefficient (Wildman–Crippen LogP) is 3.13. The van der Waals surface area contributed by atoms with Gasteiger partial charge in [-0.05, 0) is 50.2 Å². The normalized spacial score (nSPS) is 36.8. The number of ketones is 1. The highest BCUT2D eigenvalue weighted by molar-refractivity contribution is 5.90. The molecule has 0 saturated heterocycles. The first kappa shape index (κ1) is 13.0. The molecule has 0 radical (unpaired) electrons. The van der Waals surface area contributed by atoms with Crippen LogP contribution in [0.25, 0.3) is 0 Å². The highest BCUT2D eigenvalue weighted by Crippen LogP contribution is 2.55. The SMILES string of the molecule is O=C(OC12CC3CC(C1)C(=O)C(C3)C2)c1ccccc1F. The number of hydrogen-bond donors (Lipinski definition) is 0. The van der Waals surface area contributed by atoms with Gasteiger partial charge in [-0.25, -0.2) is 9.18 Å². The van der Waals surface area contributed by atoms with Crippen molar-refractivity contribution in [2.75, 3.05) is 0 Å². The second-order valence-corrected chi connectivity index (χ2v) is 6.80. The molecule has 4 saturated carbocycles. The first-order valence-corrected chi connectivity index (χ1v) is 7.58. The molecule has 4 fully saturated rings. The lowest BCUT2D eigenvalue weighted by Gasteiger charge is -2.54. The smallest absolute Gasteiger partial charge is 0.341 e. The van der Waals surface area contributed by atoms with Crippen LogP contribution in [0, 0.1) is 23.6 Å². The second-order valence-electron chi connectivity index (χ2n) is 6.80. The van der Waals surface area contributed by atoms with Crippen LogP contribution in [-0.2, 0) is 9.53 Å². The molecule has 4 aliphatic carbocycles. The summed E-state index contributed by atoms with van der Waals surface area (Å²) in [6.07, 6.45) is 3.95. The zero-order valence-corrected chi connectivity index (χ0v) is 11.7. The molecular weight excluding hydrogens is 271 g/mol. The minimum absolute atomic E-state index is 0.0143. The average molecular weight is 288 g/mol. The number of halogens is 1. The van der Waals surface area contributed by atoms with Crippen LogP contribution in [-0.4, -0.2) is 17.4 Å². The summed E-state index contributed by atoms with van der Waals surface area (Å²) in [6, 6.07) is 5.89. The van der Waals surface area contributed by atoms with Crippen molar-refractivity contribution in [3.05, 3.63) is 35.6 Å². The molecule has 1 aromatic rings. The van der Waals surface area contributed by atoms with Crippen molar-refractivity contribution in [1.82, 2.24) is 0 Å². The molecule has 2 unspecified atom stereocenters. The van der Waals surface area contributed by atoms with Crippen molar-refractivity contribution in [3.63, 3.8) is 0 Å². The number of carbonyl (C=O) groups excluding carboxylic acids is 2. The third kappa shape index (κ3) is 2.00. The van der Waals surface area contributed by atoms with Crippen LogP contribution >= 0.6 is 0 Å². The van der Waals surface area contributed by atoms with Crippen LogP contribution in [0.15, 0.2) is 24.3 Å². The van der Waals surface area contributed by atoms with E-state index < -0.39 is 17.4 Å². The largest absolute Gasteiger partial charge is 0.455 e. The lowest BCUT2D eigenvalue weighted by Crippen LogP contribution is -2.56.